The van der Waals surface area contributed by atoms with Crippen LogP contribution in [0.2, 0.25) is 5.02 Å². The zero-order chi connectivity index (χ0) is 13.8. The first-order valence-corrected chi connectivity index (χ1v) is 6.21. The molecule has 2 aromatic rings. The van der Waals surface area contributed by atoms with Gasteiger partial charge in [0.15, 0.2) is 0 Å². The predicted molar refractivity (Wildman–Crippen MR) is 72.6 cm³/mol. The molecular formula is C13H14ClN3O2. The monoisotopic (exact) mass is 279 g/mol. The molecule has 1 aromatic heterocycles. The number of aromatic nitrogens is 2. The van der Waals surface area contributed by atoms with Gasteiger partial charge in [-0.3, -0.25) is 4.79 Å². The number of nitrogens with zero attached hydrogens (tertiary/aromatic N) is 2. The first-order chi connectivity index (χ1) is 9.06. The van der Waals surface area contributed by atoms with Crippen LogP contribution in [-0.4, -0.2) is 33.4 Å². The third kappa shape index (κ3) is 3.56. The number of halogens is 1. The molecular weight excluding hydrogens is 266 g/mol. The Hall–Kier alpha value is -1.85. The lowest BCUT2D eigenvalue weighted by molar-refractivity contribution is 0.0924. The number of carbonyl (C=O) groups is 1. The smallest absolute Gasteiger partial charge is 0.254 e. The quantitative estimate of drug-likeness (QED) is 0.894. The number of aliphatic hydroxyl groups excluding tert-OH is 1. The third-order valence-corrected chi connectivity index (χ3v) is 2.75. The minimum atomic E-state index is -0.574. The van der Waals surface area contributed by atoms with Crippen LogP contribution < -0.4 is 5.32 Å². The lowest BCUT2D eigenvalue weighted by Crippen LogP contribution is -2.30. The number of hydrogen-bond acceptors (Lipinski definition) is 3. The van der Waals surface area contributed by atoms with Gasteiger partial charge in [-0.25, -0.2) is 4.68 Å². The standard InChI is InChI=1S/C13H14ClN3O2/c1-9(18)6-15-13(19)10-7-16-17(8-10)12-4-2-11(14)3-5-12/h2-5,7-9,18H,6H2,1H3,(H,15,19). The van der Waals surface area contributed by atoms with Gasteiger partial charge in [-0.1, -0.05) is 11.6 Å². The molecule has 6 heteroatoms. The van der Waals surface area contributed by atoms with Crippen molar-refractivity contribution in [2.45, 2.75) is 13.0 Å². The van der Waals surface area contributed by atoms with Crippen LogP contribution in [-0.2, 0) is 0 Å². The summed E-state index contributed by atoms with van der Waals surface area (Å²) in [4.78, 5) is 11.8. The van der Waals surface area contributed by atoms with Crippen LogP contribution in [0.1, 0.15) is 17.3 Å². The molecule has 0 aliphatic carbocycles. The van der Waals surface area contributed by atoms with Crippen LogP contribution in [0.15, 0.2) is 36.7 Å². The van der Waals surface area contributed by atoms with E-state index < -0.39 is 6.10 Å². The molecule has 0 saturated heterocycles. The molecule has 2 N–H and O–H groups in total. The maximum absolute atomic E-state index is 11.8. The van der Waals surface area contributed by atoms with E-state index in [1.807, 2.05) is 12.1 Å². The van der Waals surface area contributed by atoms with Crippen LogP contribution in [0.25, 0.3) is 5.69 Å². The van der Waals surface area contributed by atoms with Gasteiger partial charge in [-0.15, -0.1) is 0 Å². The Bertz CT molecular complexity index is 564. The number of nitrogens with one attached hydrogen (secondary N) is 1. The fourth-order valence-corrected chi connectivity index (χ4v) is 1.64. The second kappa shape index (κ2) is 5.86. The van der Waals surface area contributed by atoms with E-state index in [0.29, 0.717) is 10.6 Å². The minimum absolute atomic E-state index is 0.213. The average molecular weight is 280 g/mol. The van der Waals surface area contributed by atoms with Crippen molar-refractivity contribution in [3.8, 4) is 5.69 Å². The molecule has 0 bridgehead atoms. The maximum atomic E-state index is 11.8. The predicted octanol–water partition coefficient (Wildman–Crippen LogP) is 1.64. The Kier molecular flexibility index (Phi) is 4.19. The Balaban J connectivity index is 2.10. The van der Waals surface area contributed by atoms with Gasteiger partial charge in [0.05, 0.1) is 23.6 Å². The van der Waals surface area contributed by atoms with Gasteiger partial charge in [-0.05, 0) is 31.2 Å². The summed E-state index contributed by atoms with van der Waals surface area (Å²) >= 11 is 5.81. The summed E-state index contributed by atoms with van der Waals surface area (Å²) in [5.74, 6) is -0.263. The van der Waals surface area contributed by atoms with E-state index in [4.69, 9.17) is 16.7 Å². The van der Waals surface area contributed by atoms with Crippen molar-refractivity contribution in [3.05, 3.63) is 47.2 Å². The molecule has 5 nitrogen and oxygen atoms in total. The Morgan fingerprint density at radius 2 is 2.16 bits per heavy atom. The second-order valence-electron chi connectivity index (χ2n) is 4.21. The molecule has 0 spiro atoms. The normalized spacial score (nSPS) is 12.2. The highest BCUT2D eigenvalue weighted by atomic mass is 35.5. The summed E-state index contributed by atoms with van der Waals surface area (Å²) in [6, 6.07) is 7.14. The van der Waals surface area contributed by atoms with E-state index in [9.17, 15) is 4.79 Å². The summed E-state index contributed by atoms with van der Waals surface area (Å²) in [5, 5.41) is 16.5. The highest BCUT2D eigenvalue weighted by Gasteiger charge is 2.09. The van der Waals surface area contributed by atoms with Crippen LogP contribution in [0.3, 0.4) is 0 Å². The molecule has 19 heavy (non-hydrogen) atoms. The van der Waals surface area contributed by atoms with Crippen LogP contribution in [0.5, 0.6) is 0 Å². The molecule has 1 atom stereocenters. The number of carbonyl (C=O) groups excluding carboxylic acids is 1. The summed E-state index contributed by atoms with van der Waals surface area (Å²) in [6.45, 7) is 1.82. The van der Waals surface area contributed by atoms with Gasteiger partial charge in [-0.2, -0.15) is 5.10 Å². The van der Waals surface area contributed by atoms with E-state index in [2.05, 4.69) is 10.4 Å². The van der Waals surface area contributed by atoms with Gasteiger partial charge in [0, 0.05) is 17.8 Å². The Morgan fingerprint density at radius 3 is 2.79 bits per heavy atom. The fourth-order valence-electron chi connectivity index (χ4n) is 1.52. The van der Waals surface area contributed by atoms with Crippen molar-refractivity contribution in [1.29, 1.82) is 0 Å². The Labute approximate surface area is 115 Å². The molecule has 1 amide bonds. The number of benzene rings is 1. The topological polar surface area (TPSA) is 67.2 Å². The number of hydrogen-bond donors (Lipinski definition) is 2. The molecule has 0 aliphatic rings. The van der Waals surface area contributed by atoms with Crippen molar-refractivity contribution in [3.63, 3.8) is 0 Å². The lowest BCUT2D eigenvalue weighted by Gasteiger charge is -2.05. The van der Waals surface area contributed by atoms with E-state index in [0.717, 1.165) is 5.69 Å². The van der Waals surface area contributed by atoms with Crippen LogP contribution >= 0.6 is 11.6 Å². The number of rotatable bonds is 4. The summed E-state index contributed by atoms with van der Waals surface area (Å²) < 4.78 is 1.59. The van der Waals surface area contributed by atoms with Crippen molar-refractivity contribution in [2.75, 3.05) is 6.54 Å². The van der Waals surface area contributed by atoms with Gasteiger partial charge >= 0.3 is 0 Å². The van der Waals surface area contributed by atoms with E-state index in [-0.39, 0.29) is 12.5 Å². The maximum Gasteiger partial charge on any atom is 0.254 e. The molecule has 1 aromatic carbocycles. The van der Waals surface area contributed by atoms with E-state index >= 15 is 0 Å². The SMILES string of the molecule is CC(O)CNC(=O)c1cnn(-c2ccc(Cl)cc2)c1. The number of amides is 1. The Morgan fingerprint density at radius 1 is 1.47 bits per heavy atom. The van der Waals surface area contributed by atoms with Gasteiger partial charge in [0.1, 0.15) is 0 Å². The average Bonchev–Trinajstić information content (AvgIpc) is 2.86. The largest absolute Gasteiger partial charge is 0.392 e. The minimum Gasteiger partial charge on any atom is -0.392 e. The highest BCUT2D eigenvalue weighted by molar-refractivity contribution is 6.30. The second-order valence-corrected chi connectivity index (χ2v) is 4.65. The molecule has 0 fully saturated rings. The molecule has 0 aliphatic heterocycles. The van der Waals surface area contributed by atoms with Crippen molar-refractivity contribution in [1.82, 2.24) is 15.1 Å². The van der Waals surface area contributed by atoms with Crippen LogP contribution in [0, 0.1) is 0 Å². The van der Waals surface area contributed by atoms with Gasteiger partial charge < -0.3 is 10.4 Å². The van der Waals surface area contributed by atoms with E-state index in [1.165, 1.54) is 6.20 Å². The molecule has 1 unspecified atom stereocenters. The molecule has 2 rings (SSSR count). The highest BCUT2D eigenvalue weighted by Crippen LogP contribution is 2.13. The third-order valence-electron chi connectivity index (χ3n) is 2.49. The molecule has 0 saturated carbocycles. The zero-order valence-corrected chi connectivity index (χ0v) is 11.1. The fraction of sp³-hybridized carbons (Fsp3) is 0.231. The van der Waals surface area contributed by atoms with Crippen molar-refractivity contribution in [2.24, 2.45) is 0 Å². The molecule has 1 heterocycles. The lowest BCUT2D eigenvalue weighted by atomic mass is 10.3. The zero-order valence-electron chi connectivity index (χ0n) is 10.4. The van der Waals surface area contributed by atoms with Crippen molar-refractivity contribution >= 4 is 17.5 Å². The first-order valence-electron chi connectivity index (χ1n) is 5.83. The molecule has 100 valence electrons. The van der Waals surface area contributed by atoms with Crippen LogP contribution in [0.4, 0.5) is 0 Å². The summed E-state index contributed by atoms with van der Waals surface area (Å²) in [5.41, 5.74) is 1.26. The van der Waals surface area contributed by atoms with Gasteiger partial charge in [0.2, 0.25) is 0 Å². The number of aliphatic hydroxyl groups is 1. The van der Waals surface area contributed by atoms with E-state index in [1.54, 1.807) is 29.9 Å². The summed E-state index contributed by atoms with van der Waals surface area (Å²) in [7, 11) is 0. The van der Waals surface area contributed by atoms with Gasteiger partial charge in [0.25, 0.3) is 5.91 Å². The van der Waals surface area contributed by atoms with Crippen molar-refractivity contribution < 1.29 is 9.90 Å². The summed E-state index contributed by atoms with van der Waals surface area (Å²) in [6.07, 6.45) is 2.53. The first kappa shape index (κ1) is 13.6. The molecule has 0 radical (unpaired) electrons.